The van der Waals surface area contributed by atoms with Gasteiger partial charge in [-0.25, -0.2) is 14.7 Å². The molecule has 1 atom stereocenters. The molecule has 0 bridgehead atoms. The van der Waals surface area contributed by atoms with E-state index in [0.717, 1.165) is 0 Å². The SMILES string of the molecule is CC(C)(C)N1C=CN2C(=O)NC(N)=[NH+]C21. The molecule has 0 aromatic heterocycles. The van der Waals surface area contributed by atoms with Crippen LogP contribution in [-0.4, -0.2) is 33.6 Å². The largest absolute Gasteiger partial charge is 0.390 e. The van der Waals surface area contributed by atoms with Crippen molar-refractivity contribution in [2.45, 2.75) is 32.6 Å². The third-order valence-corrected chi connectivity index (χ3v) is 2.45. The Balaban J connectivity index is 2.32. The molecule has 0 saturated heterocycles. The average Bonchev–Trinajstić information content (AvgIpc) is 2.45. The summed E-state index contributed by atoms with van der Waals surface area (Å²) in [5.74, 6) is 0.291. The van der Waals surface area contributed by atoms with Gasteiger partial charge in [-0.3, -0.25) is 5.73 Å². The second-order valence-electron chi connectivity index (χ2n) is 4.65. The van der Waals surface area contributed by atoms with Crippen molar-refractivity contribution in [3.8, 4) is 0 Å². The standard InChI is InChI=1S/C9H15N5O/c1-9(2,3)14-5-4-13-7(14)11-6(10)12-8(13)15/h4-5,7H,1-3H3,(H3,10,11,12,15)/p+1. The van der Waals surface area contributed by atoms with Gasteiger partial charge < -0.3 is 4.90 Å². The summed E-state index contributed by atoms with van der Waals surface area (Å²) >= 11 is 0. The van der Waals surface area contributed by atoms with Gasteiger partial charge in [0.05, 0.1) is 0 Å². The lowest BCUT2D eigenvalue weighted by Gasteiger charge is -2.37. The van der Waals surface area contributed by atoms with Crippen LogP contribution in [0.5, 0.6) is 0 Å². The van der Waals surface area contributed by atoms with Gasteiger partial charge in [0.2, 0.25) is 6.29 Å². The smallest absolute Gasteiger partial charge is 0.322 e. The molecular weight excluding hydrogens is 194 g/mol. The number of nitrogens with two attached hydrogens (primary N) is 1. The van der Waals surface area contributed by atoms with Crippen molar-refractivity contribution < 1.29 is 9.79 Å². The fraction of sp³-hybridized carbons (Fsp3) is 0.556. The Bertz CT molecular complexity index is 354. The zero-order chi connectivity index (χ0) is 11.2. The van der Waals surface area contributed by atoms with Crippen molar-refractivity contribution >= 4 is 12.0 Å². The number of carbonyl (C=O) groups is 1. The third kappa shape index (κ3) is 1.51. The van der Waals surface area contributed by atoms with E-state index in [2.05, 4.69) is 31.1 Å². The molecule has 2 aliphatic rings. The Kier molecular flexibility index (Phi) is 1.89. The van der Waals surface area contributed by atoms with Crippen molar-refractivity contribution in [3.05, 3.63) is 12.4 Å². The van der Waals surface area contributed by atoms with Gasteiger partial charge in [-0.05, 0) is 20.8 Å². The van der Waals surface area contributed by atoms with E-state index >= 15 is 0 Å². The van der Waals surface area contributed by atoms with Crippen LogP contribution in [0.1, 0.15) is 20.8 Å². The van der Waals surface area contributed by atoms with Crippen LogP contribution in [0.15, 0.2) is 12.4 Å². The Morgan fingerprint density at radius 1 is 1.47 bits per heavy atom. The molecule has 82 valence electrons. The summed E-state index contributed by atoms with van der Waals surface area (Å²) in [4.78, 5) is 18.2. The summed E-state index contributed by atoms with van der Waals surface area (Å²) in [5.41, 5.74) is 5.51. The van der Waals surface area contributed by atoms with Crippen molar-refractivity contribution in [2.24, 2.45) is 5.73 Å². The average molecular weight is 210 g/mol. The minimum absolute atomic E-state index is 0.0686. The highest BCUT2D eigenvalue weighted by Crippen LogP contribution is 2.22. The highest BCUT2D eigenvalue weighted by atomic mass is 16.2. The number of urea groups is 1. The molecule has 0 radical (unpaired) electrons. The van der Waals surface area contributed by atoms with E-state index in [1.54, 1.807) is 11.1 Å². The summed E-state index contributed by atoms with van der Waals surface area (Å²) in [6.45, 7) is 6.22. The molecule has 2 amide bonds. The topological polar surface area (TPSA) is 75.6 Å². The number of amides is 2. The number of nitrogens with zero attached hydrogens (tertiary/aromatic N) is 2. The van der Waals surface area contributed by atoms with Gasteiger partial charge in [-0.1, -0.05) is 0 Å². The second-order valence-corrected chi connectivity index (χ2v) is 4.65. The molecule has 15 heavy (non-hydrogen) atoms. The van der Waals surface area contributed by atoms with E-state index in [1.165, 1.54) is 0 Å². The van der Waals surface area contributed by atoms with Crippen LogP contribution in [0.3, 0.4) is 0 Å². The maximum atomic E-state index is 11.6. The molecule has 0 fully saturated rings. The van der Waals surface area contributed by atoms with Gasteiger partial charge in [0.1, 0.15) is 0 Å². The molecule has 0 aromatic carbocycles. The van der Waals surface area contributed by atoms with Gasteiger partial charge >= 0.3 is 12.0 Å². The Morgan fingerprint density at radius 3 is 2.73 bits per heavy atom. The number of fused-ring (bicyclic) bond motifs is 1. The van der Waals surface area contributed by atoms with E-state index in [4.69, 9.17) is 5.73 Å². The minimum atomic E-state index is -0.223. The maximum Gasteiger partial charge on any atom is 0.390 e. The van der Waals surface area contributed by atoms with Gasteiger partial charge in [-0.15, -0.1) is 0 Å². The van der Waals surface area contributed by atoms with E-state index in [1.807, 2.05) is 11.1 Å². The first kappa shape index (κ1) is 9.82. The molecule has 2 heterocycles. The molecule has 0 saturated carbocycles. The van der Waals surface area contributed by atoms with E-state index < -0.39 is 0 Å². The van der Waals surface area contributed by atoms with Crippen LogP contribution in [0, 0.1) is 0 Å². The van der Waals surface area contributed by atoms with E-state index in [0.29, 0.717) is 5.96 Å². The number of carbonyl (C=O) groups excluding carboxylic acids is 1. The molecule has 4 N–H and O–H groups in total. The Morgan fingerprint density at radius 2 is 2.13 bits per heavy atom. The third-order valence-electron chi connectivity index (χ3n) is 2.45. The lowest BCUT2D eigenvalue weighted by Crippen LogP contribution is -2.94. The summed E-state index contributed by atoms with van der Waals surface area (Å²) in [6, 6.07) is -0.209. The first-order valence-corrected chi connectivity index (χ1v) is 4.84. The first-order valence-electron chi connectivity index (χ1n) is 4.84. The molecule has 0 aliphatic carbocycles. The van der Waals surface area contributed by atoms with Crippen molar-refractivity contribution in [1.82, 2.24) is 15.1 Å². The zero-order valence-corrected chi connectivity index (χ0v) is 9.11. The predicted octanol–water partition coefficient (Wildman–Crippen LogP) is -1.72. The molecule has 6 heteroatoms. The lowest BCUT2D eigenvalue weighted by atomic mass is 10.1. The van der Waals surface area contributed by atoms with Crippen LogP contribution >= 0.6 is 0 Å². The van der Waals surface area contributed by atoms with Crippen LogP contribution in [0.4, 0.5) is 4.79 Å². The van der Waals surface area contributed by atoms with Crippen LogP contribution in [0.25, 0.3) is 0 Å². The van der Waals surface area contributed by atoms with Crippen molar-refractivity contribution in [3.63, 3.8) is 0 Å². The van der Waals surface area contributed by atoms with E-state index in [9.17, 15) is 4.79 Å². The Hall–Kier alpha value is -1.72. The number of rotatable bonds is 0. The number of hydrogen-bond donors (Lipinski definition) is 3. The zero-order valence-electron chi connectivity index (χ0n) is 9.11. The Labute approximate surface area is 88.4 Å². The summed E-state index contributed by atoms with van der Waals surface area (Å²) < 4.78 is 0. The highest BCUT2D eigenvalue weighted by molar-refractivity contribution is 5.94. The van der Waals surface area contributed by atoms with E-state index in [-0.39, 0.29) is 17.9 Å². The minimum Gasteiger partial charge on any atom is -0.322 e. The number of guanidine groups is 1. The fourth-order valence-electron chi connectivity index (χ4n) is 1.70. The van der Waals surface area contributed by atoms with Crippen LogP contribution in [-0.2, 0) is 0 Å². The molecule has 0 spiro atoms. The summed E-state index contributed by atoms with van der Waals surface area (Å²) in [7, 11) is 0. The van der Waals surface area contributed by atoms with Crippen molar-refractivity contribution in [1.29, 1.82) is 0 Å². The van der Waals surface area contributed by atoms with Gasteiger partial charge in [0.15, 0.2) is 0 Å². The molecule has 2 rings (SSSR count). The molecule has 2 aliphatic heterocycles. The van der Waals surface area contributed by atoms with Crippen LogP contribution in [0.2, 0.25) is 0 Å². The summed E-state index contributed by atoms with van der Waals surface area (Å²) in [6.07, 6.45) is 3.40. The first-order chi connectivity index (χ1) is 6.89. The summed E-state index contributed by atoms with van der Waals surface area (Å²) in [5, 5.41) is 2.52. The van der Waals surface area contributed by atoms with Gasteiger partial charge in [0, 0.05) is 17.9 Å². The lowest BCUT2D eigenvalue weighted by molar-refractivity contribution is -0.559. The monoisotopic (exact) mass is 210 g/mol. The highest BCUT2D eigenvalue weighted by Gasteiger charge is 2.41. The molecule has 1 unspecified atom stereocenters. The van der Waals surface area contributed by atoms with Crippen molar-refractivity contribution in [2.75, 3.05) is 0 Å². The van der Waals surface area contributed by atoms with Crippen LogP contribution < -0.4 is 16.0 Å². The molecular formula is C9H16N5O+. The quantitative estimate of drug-likeness (QED) is 0.445. The normalized spacial score (nSPS) is 25.1. The van der Waals surface area contributed by atoms with Gasteiger partial charge in [0.25, 0.3) is 0 Å². The molecule has 6 nitrogen and oxygen atoms in total. The fourth-order valence-corrected chi connectivity index (χ4v) is 1.70. The predicted molar refractivity (Wildman–Crippen MR) is 55.0 cm³/mol. The second kappa shape index (κ2) is 2.88. The number of nitrogens with one attached hydrogen (secondary N) is 2. The van der Waals surface area contributed by atoms with Gasteiger partial charge in [-0.2, -0.15) is 5.32 Å². The number of hydrogen-bond acceptors (Lipinski definition) is 3. The molecule has 0 aromatic rings. The maximum absolute atomic E-state index is 11.6.